The van der Waals surface area contributed by atoms with Crippen molar-refractivity contribution in [1.29, 1.82) is 0 Å². The van der Waals surface area contributed by atoms with E-state index in [-0.39, 0.29) is 16.1 Å². The van der Waals surface area contributed by atoms with Gasteiger partial charge < -0.3 is 0 Å². The third-order valence-electron chi connectivity index (χ3n) is 5.18. The molecule has 2 aromatic rings. The Hall–Kier alpha value is -0.790. The largest absolute Gasteiger partial charge is 0.298 e. The van der Waals surface area contributed by atoms with Crippen molar-refractivity contribution in [3.05, 3.63) is 60.7 Å². The monoisotopic (exact) mass is 656 g/mol. The lowest BCUT2D eigenvalue weighted by molar-refractivity contribution is -0.126. The molecule has 0 fully saturated rings. The Kier molecular flexibility index (Phi) is 18.9. The maximum absolute atomic E-state index is 12.5. The number of carbonyl (C=O) groups excluding carboxylic acids is 2. The summed E-state index contributed by atoms with van der Waals surface area (Å²) in [5.41, 5.74) is -0.483. The molecule has 2 nitrogen and oxygen atoms in total. The molecular weight excluding hydrogens is 607 g/mol. The Morgan fingerprint density at radius 2 is 1.30 bits per heavy atom. The van der Waals surface area contributed by atoms with E-state index in [0.717, 1.165) is 11.3 Å². The molecule has 0 aliphatic carbocycles. The van der Waals surface area contributed by atoms with Crippen LogP contribution >= 0.6 is 46.1 Å². The van der Waals surface area contributed by atoms with Crippen molar-refractivity contribution in [3.63, 3.8) is 0 Å². The van der Waals surface area contributed by atoms with Crippen LogP contribution in [0.25, 0.3) is 0 Å². The SMILES string of the molecule is CC(C)(C)C(=O)CSc1ccccc1.CC(C)CC(Sc1ccccc1)C(=O)C(C)(C)C.CCCCI. The van der Waals surface area contributed by atoms with Gasteiger partial charge in [-0.05, 0) is 47.5 Å². The smallest absolute Gasteiger partial charge is 0.151 e. The number of Topliss-reactive ketones (excluding diaryl/α,β-unsaturated/α-hetero) is 2. The molecule has 0 saturated heterocycles. The van der Waals surface area contributed by atoms with E-state index in [1.165, 1.54) is 22.2 Å². The molecule has 0 aromatic heterocycles. The van der Waals surface area contributed by atoms with Crippen LogP contribution in [0.1, 0.15) is 81.6 Å². The third kappa shape index (κ3) is 18.2. The molecule has 2 aromatic carbocycles. The van der Waals surface area contributed by atoms with Crippen LogP contribution < -0.4 is 0 Å². The molecule has 0 aliphatic rings. The van der Waals surface area contributed by atoms with Crippen LogP contribution in [-0.4, -0.2) is 27.0 Å². The van der Waals surface area contributed by atoms with Crippen LogP contribution in [0.2, 0.25) is 0 Å². The molecule has 1 atom stereocenters. The van der Waals surface area contributed by atoms with Gasteiger partial charge in [-0.15, -0.1) is 23.5 Å². The second-order valence-electron chi connectivity index (χ2n) is 11.5. The first-order chi connectivity index (χ1) is 17.2. The number of thioether (sulfide) groups is 2. The summed E-state index contributed by atoms with van der Waals surface area (Å²) < 4.78 is 1.31. The number of carbonyl (C=O) groups is 2. The minimum Gasteiger partial charge on any atom is -0.298 e. The lowest BCUT2D eigenvalue weighted by Gasteiger charge is -2.25. The Morgan fingerprint density at radius 3 is 1.65 bits per heavy atom. The van der Waals surface area contributed by atoms with E-state index in [0.29, 0.717) is 23.2 Å². The van der Waals surface area contributed by atoms with Gasteiger partial charge in [0.2, 0.25) is 0 Å². The number of benzene rings is 2. The van der Waals surface area contributed by atoms with Crippen LogP contribution in [-0.2, 0) is 9.59 Å². The van der Waals surface area contributed by atoms with E-state index < -0.39 is 0 Å². The van der Waals surface area contributed by atoms with Crippen LogP contribution in [0.15, 0.2) is 70.5 Å². The summed E-state index contributed by atoms with van der Waals surface area (Å²) in [5, 5.41) is 0.0624. The first-order valence-corrected chi connectivity index (χ1v) is 16.6. The topological polar surface area (TPSA) is 34.1 Å². The van der Waals surface area contributed by atoms with Gasteiger partial charge in [0.15, 0.2) is 5.78 Å². The van der Waals surface area contributed by atoms with E-state index in [9.17, 15) is 9.59 Å². The molecule has 0 heterocycles. The van der Waals surface area contributed by atoms with Crippen molar-refractivity contribution in [2.45, 2.75) is 96.6 Å². The number of rotatable bonds is 10. The van der Waals surface area contributed by atoms with Gasteiger partial charge >= 0.3 is 0 Å². The number of hydrogen-bond acceptors (Lipinski definition) is 4. The van der Waals surface area contributed by atoms with Crippen LogP contribution in [0, 0.1) is 16.7 Å². The molecule has 2 rings (SSSR count). The second-order valence-corrected chi connectivity index (χ2v) is 14.9. The molecule has 0 bridgehead atoms. The van der Waals surface area contributed by atoms with Gasteiger partial charge in [-0.1, -0.05) is 128 Å². The molecule has 37 heavy (non-hydrogen) atoms. The van der Waals surface area contributed by atoms with Crippen molar-refractivity contribution in [3.8, 4) is 0 Å². The summed E-state index contributed by atoms with van der Waals surface area (Å²) in [6.07, 6.45) is 3.65. The fourth-order valence-electron chi connectivity index (χ4n) is 2.80. The second kappa shape index (κ2) is 19.3. The maximum atomic E-state index is 12.5. The average molecular weight is 657 g/mol. The zero-order chi connectivity index (χ0) is 28.5. The standard InChI is InChI=1S/C16H24OS.C12H16OS.C4H9I/c1-12(2)11-14(15(17)16(3,4)5)18-13-9-7-6-8-10-13;1-12(2,3)11(13)9-14-10-7-5-4-6-8-10;1-2-3-4-5/h6-10,12,14H,11H2,1-5H3;4-8H,9H2,1-3H3;2-4H2,1H3. The Labute approximate surface area is 250 Å². The van der Waals surface area contributed by atoms with E-state index in [4.69, 9.17) is 0 Å². The van der Waals surface area contributed by atoms with Crippen LogP contribution in [0.4, 0.5) is 0 Å². The third-order valence-corrected chi connectivity index (χ3v) is 8.19. The van der Waals surface area contributed by atoms with Gasteiger partial charge in [-0.3, -0.25) is 9.59 Å². The minimum atomic E-state index is -0.263. The fraction of sp³-hybridized carbons (Fsp3) is 0.562. The van der Waals surface area contributed by atoms with E-state index >= 15 is 0 Å². The van der Waals surface area contributed by atoms with Crippen molar-refractivity contribution < 1.29 is 9.59 Å². The number of ketones is 2. The highest BCUT2D eigenvalue weighted by molar-refractivity contribution is 14.1. The van der Waals surface area contributed by atoms with Gasteiger partial charge in [0, 0.05) is 20.6 Å². The van der Waals surface area contributed by atoms with E-state index in [1.54, 1.807) is 23.5 Å². The van der Waals surface area contributed by atoms with Crippen molar-refractivity contribution >= 4 is 57.7 Å². The molecule has 0 amide bonds. The fourth-order valence-corrected chi connectivity index (χ4v) is 6.23. The molecule has 1 unspecified atom stereocenters. The molecule has 0 radical (unpaired) electrons. The Bertz CT molecular complexity index is 867. The summed E-state index contributed by atoms with van der Waals surface area (Å²) in [7, 11) is 0. The highest BCUT2D eigenvalue weighted by Crippen LogP contribution is 2.33. The van der Waals surface area contributed by atoms with Crippen molar-refractivity contribution in [1.82, 2.24) is 0 Å². The number of unbranched alkanes of at least 4 members (excludes halogenated alkanes) is 1. The van der Waals surface area contributed by atoms with Gasteiger partial charge in [-0.2, -0.15) is 0 Å². The molecular formula is C32H49IO2S2. The quantitative estimate of drug-likeness (QED) is 0.145. The molecule has 0 N–H and O–H groups in total. The maximum Gasteiger partial charge on any atom is 0.151 e. The molecule has 0 saturated carbocycles. The number of alkyl halides is 1. The van der Waals surface area contributed by atoms with Crippen molar-refractivity contribution in [2.75, 3.05) is 10.2 Å². The summed E-state index contributed by atoms with van der Waals surface area (Å²) in [4.78, 5) is 26.4. The van der Waals surface area contributed by atoms with Gasteiger partial charge in [-0.25, -0.2) is 0 Å². The zero-order valence-corrected chi connectivity index (χ0v) is 28.3. The summed E-state index contributed by atoms with van der Waals surface area (Å²) in [6, 6.07) is 20.2. The summed E-state index contributed by atoms with van der Waals surface area (Å²) >= 11 is 5.70. The number of halogens is 1. The zero-order valence-electron chi connectivity index (χ0n) is 24.5. The van der Waals surface area contributed by atoms with Crippen LogP contribution in [0.3, 0.4) is 0 Å². The normalized spacial score (nSPS) is 12.1. The first kappa shape index (κ1) is 36.2. The van der Waals surface area contributed by atoms with Gasteiger partial charge in [0.25, 0.3) is 0 Å². The van der Waals surface area contributed by atoms with E-state index in [1.807, 2.05) is 90.1 Å². The molecule has 0 spiro atoms. The lowest BCUT2D eigenvalue weighted by atomic mass is 9.86. The Balaban J connectivity index is 0.000000605. The van der Waals surface area contributed by atoms with Gasteiger partial charge in [0.05, 0.1) is 11.0 Å². The molecule has 208 valence electrons. The highest BCUT2D eigenvalue weighted by atomic mass is 127. The molecule has 0 aliphatic heterocycles. The Morgan fingerprint density at radius 1 is 0.811 bits per heavy atom. The van der Waals surface area contributed by atoms with Crippen molar-refractivity contribution in [2.24, 2.45) is 16.7 Å². The van der Waals surface area contributed by atoms with Crippen LogP contribution in [0.5, 0.6) is 0 Å². The highest BCUT2D eigenvalue weighted by Gasteiger charge is 2.30. The summed E-state index contributed by atoms with van der Waals surface area (Å²) in [6.45, 7) is 18.5. The first-order valence-electron chi connectivity index (χ1n) is 13.3. The van der Waals surface area contributed by atoms with Gasteiger partial charge in [0.1, 0.15) is 5.78 Å². The lowest BCUT2D eigenvalue weighted by Crippen LogP contribution is -2.31. The predicted octanol–water partition coefficient (Wildman–Crippen LogP) is 10.4. The molecule has 5 heteroatoms. The average Bonchev–Trinajstić information content (AvgIpc) is 2.83. The summed E-state index contributed by atoms with van der Waals surface area (Å²) in [5.74, 6) is 1.75. The minimum absolute atomic E-state index is 0.0624. The predicted molar refractivity (Wildman–Crippen MR) is 175 cm³/mol. The van der Waals surface area contributed by atoms with E-state index in [2.05, 4.69) is 55.5 Å². The number of hydrogen-bond donors (Lipinski definition) is 0.